The van der Waals surface area contributed by atoms with Crippen LogP contribution in [0.5, 0.6) is 0 Å². The molecule has 1 saturated heterocycles. The Kier molecular flexibility index (Phi) is 6.10. The van der Waals surface area contributed by atoms with Crippen molar-refractivity contribution >= 4 is 5.91 Å². The van der Waals surface area contributed by atoms with E-state index in [1.165, 1.54) is 31.2 Å². The number of carbonyl (C=O) groups is 1. The van der Waals surface area contributed by atoms with Gasteiger partial charge < -0.3 is 14.8 Å². The Bertz CT molecular complexity index is 919. The van der Waals surface area contributed by atoms with Crippen molar-refractivity contribution in [2.75, 3.05) is 26.2 Å². The van der Waals surface area contributed by atoms with Crippen molar-refractivity contribution in [1.29, 1.82) is 0 Å². The fourth-order valence-electron chi connectivity index (χ4n) is 3.88. The SMILES string of the molecule is Cc1ccc(-n2ncc(C(=O)NCCN3CCCCCC3)c2-n2cccc2)cc1. The maximum atomic E-state index is 13.0. The molecule has 4 rings (SSSR count). The summed E-state index contributed by atoms with van der Waals surface area (Å²) in [6.07, 6.45) is 10.7. The molecule has 0 atom stereocenters. The minimum atomic E-state index is -0.0816. The predicted octanol–water partition coefficient (Wildman–Crippen LogP) is 3.58. The van der Waals surface area contributed by atoms with Crippen LogP contribution >= 0.6 is 0 Å². The second kappa shape index (κ2) is 9.09. The van der Waals surface area contributed by atoms with E-state index in [4.69, 9.17) is 0 Å². The third-order valence-corrected chi connectivity index (χ3v) is 5.53. The van der Waals surface area contributed by atoms with E-state index in [1.54, 1.807) is 6.20 Å². The molecule has 0 bridgehead atoms. The fraction of sp³-hybridized carbons (Fsp3) is 0.391. The average Bonchev–Trinajstić information content (AvgIpc) is 3.33. The maximum Gasteiger partial charge on any atom is 0.256 e. The van der Waals surface area contributed by atoms with Crippen LogP contribution < -0.4 is 5.32 Å². The first-order valence-electron chi connectivity index (χ1n) is 10.5. The van der Waals surface area contributed by atoms with Crippen molar-refractivity contribution < 1.29 is 4.79 Å². The van der Waals surface area contributed by atoms with Gasteiger partial charge in [-0.25, -0.2) is 4.68 Å². The molecule has 1 N–H and O–H groups in total. The van der Waals surface area contributed by atoms with Crippen LogP contribution in [0, 0.1) is 6.92 Å². The Morgan fingerprint density at radius 1 is 1.03 bits per heavy atom. The number of nitrogens with one attached hydrogen (secondary N) is 1. The van der Waals surface area contributed by atoms with Gasteiger partial charge in [-0.3, -0.25) is 4.79 Å². The number of amides is 1. The number of nitrogens with zero attached hydrogens (tertiary/aromatic N) is 4. The standard InChI is InChI=1S/C23H29N5O/c1-19-8-10-20(11-9-19)28-23(27-15-6-7-16-27)21(18-25-28)22(29)24-12-17-26-13-4-2-3-5-14-26/h6-11,15-16,18H,2-5,12-14,17H2,1H3,(H,24,29). The van der Waals surface area contributed by atoms with Crippen LogP contribution in [-0.4, -0.2) is 51.3 Å². The molecule has 0 aliphatic carbocycles. The smallest absolute Gasteiger partial charge is 0.256 e. The number of benzene rings is 1. The molecular weight excluding hydrogens is 362 g/mol. The number of hydrogen-bond donors (Lipinski definition) is 1. The number of aryl methyl sites for hydroxylation is 1. The molecule has 0 radical (unpaired) electrons. The van der Waals surface area contributed by atoms with E-state index in [0.29, 0.717) is 12.1 Å². The number of carbonyl (C=O) groups excluding carboxylic acids is 1. The molecule has 1 amide bonds. The van der Waals surface area contributed by atoms with E-state index in [0.717, 1.165) is 31.1 Å². The Hall–Kier alpha value is -2.86. The summed E-state index contributed by atoms with van der Waals surface area (Å²) in [5.74, 6) is 0.674. The molecule has 0 saturated carbocycles. The monoisotopic (exact) mass is 391 g/mol. The quantitative estimate of drug-likeness (QED) is 0.699. The zero-order valence-corrected chi connectivity index (χ0v) is 17.1. The van der Waals surface area contributed by atoms with Gasteiger partial charge in [0.2, 0.25) is 0 Å². The van der Waals surface area contributed by atoms with E-state index in [1.807, 2.05) is 45.9 Å². The van der Waals surface area contributed by atoms with Crippen LogP contribution in [0.4, 0.5) is 0 Å². The van der Waals surface area contributed by atoms with Gasteiger partial charge in [0.05, 0.1) is 11.9 Å². The highest BCUT2D eigenvalue weighted by Gasteiger charge is 2.20. The van der Waals surface area contributed by atoms with Crippen LogP contribution in [0.2, 0.25) is 0 Å². The summed E-state index contributed by atoms with van der Waals surface area (Å²) >= 11 is 0. The molecule has 1 fully saturated rings. The number of likely N-dealkylation sites (tertiary alicyclic amines) is 1. The van der Waals surface area contributed by atoms with Gasteiger partial charge >= 0.3 is 0 Å². The van der Waals surface area contributed by atoms with Gasteiger partial charge in [-0.15, -0.1) is 0 Å². The molecule has 2 aromatic heterocycles. The van der Waals surface area contributed by atoms with Crippen molar-refractivity contribution in [3.63, 3.8) is 0 Å². The van der Waals surface area contributed by atoms with E-state index >= 15 is 0 Å². The van der Waals surface area contributed by atoms with Gasteiger partial charge in [0.15, 0.2) is 5.82 Å². The lowest BCUT2D eigenvalue weighted by atomic mass is 10.2. The summed E-state index contributed by atoms with van der Waals surface area (Å²) < 4.78 is 3.76. The highest BCUT2D eigenvalue weighted by molar-refractivity contribution is 5.97. The van der Waals surface area contributed by atoms with Crippen LogP contribution in [0.15, 0.2) is 55.0 Å². The van der Waals surface area contributed by atoms with Crippen molar-refractivity contribution in [3.05, 3.63) is 66.1 Å². The normalized spacial score (nSPS) is 15.2. The van der Waals surface area contributed by atoms with Crippen LogP contribution in [0.25, 0.3) is 11.5 Å². The van der Waals surface area contributed by atoms with Crippen molar-refractivity contribution in [2.24, 2.45) is 0 Å². The van der Waals surface area contributed by atoms with E-state index in [2.05, 4.69) is 34.4 Å². The lowest BCUT2D eigenvalue weighted by Crippen LogP contribution is -2.35. The highest BCUT2D eigenvalue weighted by Crippen LogP contribution is 2.20. The zero-order valence-electron chi connectivity index (χ0n) is 17.1. The highest BCUT2D eigenvalue weighted by atomic mass is 16.1. The van der Waals surface area contributed by atoms with Crippen molar-refractivity contribution in [1.82, 2.24) is 24.6 Å². The largest absolute Gasteiger partial charge is 0.351 e. The van der Waals surface area contributed by atoms with Crippen LogP contribution in [0.1, 0.15) is 41.6 Å². The molecule has 0 unspecified atom stereocenters. The third kappa shape index (κ3) is 4.59. The molecular formula is C23H29N5O. The minimum Gasteiger partial charge on any atom is -0.351 e. The summed E-state index contributed by atoms with van der Waals surface area (Å²) in [5, 5.41) is 7.62. The zero-order chi connectivity index (χ0) is 20.1. The number of aromatic nitrogens is 3. The lowest BCUT2D eigenvalue weighted by Gasteiger charge is -2.19. The summed E-state index contributed by atoms with van der Waals surface area (Å²) in [6, 6.07) is 12.1. The second-order valence-electron chi connectivity index (χ2n) is 7.73. The van der Waals surface area contributed by atoms with Crippen LogP contribution in [-0.2, 0) is 0 Å². The van der Waals surface area contributed by atoms with E-state index in [-0.39, 0.29) is 5.91 Å². The first-order chi connectivity index (χ1) is 14.2. The average molecular weight is 392 g/mol. The van der Waals surface area contributed by atoms with Gasteiger partial charge in [-0.05, 0) is 57.1 Å². The summed E-state index contributed by atoms with van der Waals surface area (Å²) in [4.78, 5) is 15.4. The fourth-order valence-corrected chi connectivity index (χ4v) is 3.88. The molecule has 1 aromatic carbocycles. The molecule has 3 aromatic rings. The minimum absolute atomic E-state index is 0.0816. The number of rotatable bonds is 6. The van der Waals surface area contributed by atoms with Crippen molar-refractivity contribution in [3.8, 4) is 11.5 Å². The molecule has 6 heteroatoms. The second-order valence-corrected chi connectivity index (χ2v) is 7.73. The lowest BCUT2D eigenvalue weighted by molar-refractivity contribution is 0.0948. The van der Waals surface area contributed by atoms with Crippen LogP contribution in [0.3, 0.4) is 0 Å². The first kappa shape index (κ1) is 19.5. The number of hydrogen-bond acceptors (Lipinski definition) is 3. The van der Waals surface area contributed by atoms with Gasteiger partial charge in [0.1, 0.15) is 5.56 Å². The molecule has 1 aliphatic heterocycles. The summed E-state index contributed by atoms with van der Waals surface area (Å²) in [7, 11) is 0. The van der Waals surface area contributed by atoms with Gasteiger partial charge in [0, 0.05) is 25.5 Å². The maximum absolute atomic E-state index is 13.0. The Morgan fingerprint density at radius 2 is 1.72 bits per heavy atom. The third-order valence-electron chi connectivity index (χ3n) is 5.53. The van der Waals surface area contributed by atoms with Gasteiger partial charge in [-0.1, -0.05) is 30.5 Å². The molecule has 152 valence electrons. The molecule has 29 heavy (non-hydrogen) atoms. The first-order valence-corrected chi connectivity index (χ1v) is 10.5. The van der Waals surface area contributed by atoms with E-state index < -0.39 is 0 Å². The Labute approximate surface area is 172 Å². The molecule has 6 nitrogen and oxygen atoms in total. The van der Waals surface area contributed by atoms with Gasteiger partial charge in [0.25, 0.3) is 5.91 Å². The van der Waals surface area contributed by atoms with E-state index in [9.17, 15) is 4.79 Å². The topological polar surface area (TPSA) is 55.1 Å². The van der Waals surface area contributed by atoms with Crippen molar-refractivity contribution in [2.45, 2.75) is 32.6 Å². The Balaban J connectivity index is 1.52. The summed E-state index contributed by atoms with van der Waals surface area (Å²) in [5.41, 5.74) is 2.70. The predicted molar refractivity (Wildman–Crippen MR) is 115 cm³/mol. The molecule has 3 heterocycles. The Morgan fingerprint density at radius 3 is 2.41 bits per heavy atom. The molecule has 0 spiro atoms. The van der Waals surface area contributed by atoms with Gasteiger partial charge in [-0.2, -0.15) is 5.10 Å². The summed E-state index contributed by atoms with van der Waals surface area (Å²) in [6.45, 7) is 5.88. The molecule has 1 aliphatic rings.